The zero-order valence-electron chi connectivity index (χ0n) is 16.8. The lowest BCUT2D eigenvalue weighted by molar-refractivity contribution is 0.0789. The van der Waals surface area contributed by atoms with E-state index in [0.717, 1.165) is 19.3 Å². The number of nitrogens with zero attached hydrogens (tertiary/aromatic N) is 1. The Bertz CT molecular complexity index is 719. The van der Waals surface area contributed by atoms with Gasteiger partial charge in [-0.1, -0.05) is 13.8 Å². The molecular weight excluding hydrogens is 402 g/mol. The van der Waals surface area contributed by atoms with Gasteiger partial charge >= 0.3 is 0 Å². The van der Waals surface area contributed by atoms with Crippen LogP contribution in [0.5, 0.6) is 0 Å². The minimum atomic E-state index is -3.61. The van der Waals surface area contributed by atoms with Gasteiger partial charge in [-0.05, 0) is 49.4 Å². The fraction of sp³-hybridized carbons (Fsp3) is 0.632. The van der Waals surface area contributed by atoms with E-state index in [2.05, 4.69) is 18.6 Å². The Hall–Kier alpha value is -1.19. The van der Waals surface area contributed by atoms with E-state index in [-0.39, 0.29) is 41.9 Å². The Morgan fingerprint density at radius 2 is 1.96 bits per heavy atom. The van der Waals surface area contributed by atoms with Crippen LogP contribution in [0.2, 0.25) is 0 Å². The molecule has 1 aromatic carbocycles. The van der Waals surface area contributed by atoms with Crippen LogP contribution in [0.25, 0.3) is 0 Å². The number of benzene rings is 1. The Morgan fingerprint density at radius 3 is 2.50 bits per heavy atom. The zero-order valence-corrected chi connectivity index (χ0v) is 18.4. The molecule has 1 aromatic rings. The van der Waals surface area contributed by atoms with E-state index in [1.54, 1.807) is 24.1 Å². The monoisotopic (exact) mass is 433 g/mol. The van der Waals surface area contributed by atoms with Crippen LogP contribution in [0.1, 0.15) is 43.5 Å². The Morgan fingerprint density at radius 1 is 1.32 bits per heavy atom. The number of hydrogen-bond acceptors (Lipinski definition) is 5. The number of rotatable bonds is 9. The van der Waals surface area contributed by atoms with Crippen LogP contribution in [-0.4, -0.2) is 58.1 Å². The van der Waals surface area contributed by atoms with Crippen molar-refractivity contribution in [3.63, 3.8) is 0 Å². The summed E-state index contributed by atoms with van der Waals surface area (Å²) in [5, 5.41) is 0. The number of nitrogens with two attached hydrogens (primary N) is 1. The van der Waals surface area contributed by atoms with Crippen molar-refractivity contribution < 1.29 is 17.9 Å². The molecule has 1 aliphatic rings. The summed E-state index contributed by atoms with van der Waals surface area (Å²) >= 11 is 0. The van der Waals surface area contributed by atoms with Crippen molar-refractivity contribution in [3.8, 4) is 0 Å². The van der Waals surface area contributed by atoms with Gasteiger partial charge in [0.2, 0.25) is 10.0 Å². The molecule has 0 saturated carbocycles. The van der Waals surface area contributed by atoms with Gasteiger partial charge in [-0.25, -0.2) is 13.1 Å². The van der Waals surface area contributed by atoms with E-state index in [1.165, 1.54) is 12.1 Å². The Balaban J connectivity index is 0.00000392. The topological polar surface area (TPSA) is 102 Å². The molecule has 0 aliphatic carbocycles. The highest BCUT2D eigenvalue weighted by molar-refractivity contribution is 7.89. The van der Waals surface area contributed by atoms with Crippen molar-refractivity contribution >= 4 is 28.3 Å². The molecule has 0 bridgehead atoms. The van der Waals surface area contributed by atoms with Crippen molar-refractivity contribution in [3.05, 3.63) is 29.8 Å². The second-order valence-electron chi connectivity index (χ2n) is 7.43. The molecule has 1 amide bonds. The van der Waals surface area contributed by atoms with Crippen LogP contribution in [0.3, 0.4) is 0 Å². The van der Waals surface area contributed by atoms with Crippen LogP contribution < -0.4 is 10.5 Å². The van der Waals surface area contributed by atoms with E-state index in [1.807, 2.05) is 0 Å². The molecule has 2 rings (SSSR count). The first-order chi connectivity index (χ1) is 12.7. The van der Waals surface area contributed by atoms with Gasteiger partial charge in [0.1, 0.15) is 0 Å². The minimum Gasteiger partial charge on any atom is -0.377 e. The van der Waals surface area contributed by atoms with E-state index < -0.39 is 10.0 Å². The molecule has 9 heteroatoms. The fourth-order valence-electron chi connectivity index (χ4n) is 2.87. The summed E-state index contributed by atoms with van der Waals surface area (Å²) in [5.74, 6) is 0.211. The standard InChI is InChI=1S/C19H31N3O4S.ClH/c1-14(2)18(20)10-11-22(3)19(23)15-6-8-17(9-7-15)27(24,25)21-13-16-5-4-12-26-16;/h6-9,14,16,18,21H,4-5,10-13,20H2,1-3H3;1H. The summed E-state index contributed by atoms with van der Waals surface area (Å²) in [7, 11) is -1.89. The summed E-state index contributed by atoms with van der Waals surface area (Å²) in [5.41, 5.74) is 6.48. The van der Waals surface area contributed by atoms with Crippen LogP contribution >= 0.6 is 12.4 Å². The number of halogens is 1. The lowest BCUT2D eigenvalue weighted by Gasteiger charge is -2.21. The number of carbonyl (C=O) groups is 1. The second kappa shape index (κ2) is 11.1. The first-order valence-electron chi connectivity index (χ1n) is 9.43. The molecular formula is C19H32ClN3O4S. The number of amides is 1. The van der Waals surface area contributed by atoms with Gasteiger partial charge in [0.15, 0.2) is 0 Å². The van der Waals surface area contributed by atoms with Crippen LogP contribution in [-0.2, 0) is 14.8 Å². The number of ether oxygens (including phenoxy) is 1. The zero-order chi connectivity index (χ0) is 20.0. The molecule has 28 heavy (non-hydrogen) atoms. The number of nitrogens with one attached hydrogen (secondary N) is 1. The lowest BCUT2D eigenvalue weighted by Crippen LogP contribution is -2.34. The normalized spacial score (nSPS) is 18.0. The molecule has 0 radical (unpaired) electrons. The van der Waals surface area contributed by atoms with Crippen molar-refractivity contribution in [2.75, 3.05) is 26.7 Å². The van der Waals surface area contributed by atoms with Crippen molar-refractivity contribution in [2.45, 2.75) is 50.2 Å². The van der Waals surface area contributed by atoms with E-state index in [0.29, 0.717) is 24.6 Å². The van der Waals surface area contributed by atoms with Gasteiger partial charge in [0.25, 0.3) is 5.91 Å². The number of carbonyl (C=O) groups excluding carboxylic acids is 1. The second-order valence-corrected chi connectivity index (χ2v) is 9.20. The third-order valence-electron chi connectivity index (χ3n) is 4.94. The predicted octanol–water partition coefficient (Wildman–Crippen LogP) is 2.01. The van der Waals surface area contributed by atoms with Crippen molar-refractivity contribution in [1.29, 1.82) is 0 Å². The molecule has 1 heterocycles. The molecule has 2 unspecified atom stereocenters. The molecule has 160 valence electrons. The van der Waals surface area contributed by atoms with Gasteiger partial charge in [-0.15, -0.1) is 12.4 Å². The third kappa shape index (κ3) is 7.00. The van der Waals surface area contributed by atoms with Crippen LogP contribution in [0.4, 0.5) is 0 Å². The van der Waals surface area contributed by atoms with Crippen molar-refractivity contribution in [2.24, 2.45) is 11.7 Å². The molecule has 2 atom stereocenters. The smallest absolute Gasteiger partial charge is 0.253 e. The lowest BCUT2D eigenvalue weighted by atomic mass is 10.0. The molecule has 3 N–H and O–H groups in total. The van der Waals surface area contributed by atoms with Gasteiger partial charge in [-0.3, -0.25) is 4.79 Å². The Kier molecular flexibility index (Phi) is 9.86. The third-order valence-corrected chi connectivity index (χ3v) is 6.38. The van der Waals surface area contributed by atoms with Crippen LogP contribution in [0.15, 0.2) is 29.2 Å². The maximum Gasteiger partial charge on any atom is 0.253 e. The highest BCUT2D eigenvalue weighted by atomic mass is 35.5. The highest BCUT2D eigenvalue weighted by Crippen LogP contribution is 2.15. The van der Waals surface area contributed by atoms with Crippen LogP contribution in [0, 0.1) is 5.92 Å². The van der Waals surface area contributed by atoms with E-state index >= 15 is 0 Å². The summed E-state index contributed by atoms with van der Waals surface area (Å²) < 4.78 is 32.7. The number of sulfonamides is 1. The van der Waals surface area contributed by atoms with Crippen molar-refractivity contribution in [1.82, 2.24) is 9.62 Å². The molecule has 1 saturated heterocycles. The molecule has 0 spiro atoms. The Labute approximate surface area is 174 Å². The van der Waals surface area contributed by atoms with E-state index in [4.69, 9.17) is 10.5 Å². The summed E-state index contributed by atoms with van der Waals surface area (Å²) in [6.45, 7) is 5.61. The minimum absolute atomic E-state index is 0. The van der Waals surface area contributed by atoms with Gasteiger partial charge < -0.3 is 15.4 Å². The largest absolute Gasteiger partial charge is 0.377 e. The molecule has 1 fully saturated rings. The highest BCUT2D eigenvalue weighted by Gasteiger charge is 2.21. The molecule has 1 aliphatic heterocycles. The average molecular weight is 434 g/mol. The van der Waals surface area contributed by atoms with Gasteiger partial charge in [-0.2, -0.15) is 0 Å². The molecule has 7 nitrogen and oxygen atoms in total. The predicted molar refractivity (Wildman–Crippen MR) is 112 cm³/mol. The number of hydrogen-bond donors (Lipinski definition) is 2. The first-order valence-corrected chi connectivity index (χ1v) is 10.9. The molecule has 0 aromatic heterocycles. The maximum absolute atomic E-state index is 12.5. The quantitative estimate of drug-likeness (QED) is 0.620. The van der Waals surface area contributed by atoms with Gasteiger partial charge in [0, 0.05) is 38.3 Å². The van der Waals surface area contributed by atoms with Gasteiger partial charge in [0.05, 0.1) is 11.0 Å². The average Bonchev–Trinajstić information content (AvgIpc) is 3.17. The maximum atomic E-state index is 12.5. The summed E-state index contributed by atoms with van der Waals surface area (Å²) in [6.07, 6.45) is 2.48. The fourth-order valence-corrected chi connectivity index (χ4v) is 3.93. The summed E-state index contributed by atoms with van der Waals surface area (Å²) in [4.78, 5) is 14.2. The SMILES string of the molecule is CC(C)C(N)CCN(C)C(=O)c1ccc(S(=O)(=O)NCC2CCCO2)cc1.Cl. The first kappa shape index (κ1) is 24.8. The summed E-state index contributed by atoms with van der Waals surface area (Å²) in [6, 6.07) is 6.05. The van der Waals surface area contributed by atoms with E-state index in [9.17, 15) is 13.2 Å².